The summed E-state index contributed by atoms with van der Waals surface area (Å²) in [6, 6.07) is -0.758. The van der Waals surface area contributed by atoms with Crippen molar-refractivity contribution < 1.29 is 23.7 Å². The van der Waals surface area contributed by atoms with Gasteiger partial charge < -0.3 is 15.6 Å². The van der Waals surface area contributed by atoms with Gasteiger partial charge in [0.1, 0.15) is 18.4 Å². The number of aromatic hydroxyl groups is 1. The number of hydrogen-bond donors (Lipinski definition) is 3. The number of ether oxygens (including phenoxy) is 1. The largest absolute Gasteiger partial charge is 0.614 e. The fourth-order valence-electron chi connectivity index (χ4n) is 2.26. The van der Waals surface area contributed by atoms with Crippen LogP contribution in [-0.2, 0) is 31.8 Å². The maximum Gasteiger partial charge on any atom is 0.614 e. The second-order valence-electron chi connectivity index (χ2n) is 6.09. The number of esters is 1. The molecule has 1 heterocycles. The average Bonchev–Trinajstić information content (AvgIpc) is 2.63. The van der Waals surface area contributed by atoms with Gasteiger partial charge in [0.2, 0.25) is 0 Å². The zero-order valence-electron chi connectivity index (χ0n) is 15.8. The van der Waals surface area contributed by atoms with E-state index in [0.29, 0.717) is 29.3 Å². The maximum atomic E-state index is 12.0. The van der Waals surface area contributed by atoms with Gasteiger partial charge in [0.15, 0.2) is 0 Å². The molecular weight excluding hydrogens is 357 g/mol. The first-order valence-electron chi connectivity index (χ1n) is 8.73. The Morgan fingerprint density at radius 2 is 2.08 bits per heavy atom. The molecule has 4 N–H and O–H groups in total. The number of carbonyl (C=O) groups is 1. The van der Waals surface area contributed by atoms with Crippen molar-refractivity contribution in [1.29, 1.82) is 0 Å². The van der Waals surface area contributed by atoms with E-state index in [2.05, 4.69) is 10.1 Å². The summed E-state index contributed by atoms with van der Waals surface area (Å²) in [5, 5.41) is 12.5. The smallest absolute Gasteiger partial charge is 0.506 e. The van der Waals surface area contributed by atoms with Gasteiger partial charge in [-0.25, -0.2) is 0 Å². The maximum absolute atomic E-state index is 12.0. The Morgan fingerprint density at radius 1 is 1.42 bits per heavy atom. The van der Waals surface area contributed by atoms with E-state index in [1.165, 1.54) is 6.20 Å². The van der Waals surface area contributed by atoms with Crippen molar-refractivity contribution in [3.05, 3.63) is 23.0 Å². The number of nitrogens with two attached hydrogens (primary N) is 1. The molecule has 0 aliphatic carbocycles. The van der Waals surface area contributed by atoms with Crippen molar-refractivity contribution in [1.82, 2.24) is 10.1 Å². The predicted molar refractivity (Wildman–Crippen MR) is 98.6 cm³/mol. The van der Waals surface area contributed by atoms with Gasteiger partial charge in [-0.3, -0.25) is 9.78 Å². The summed E-state index contributed by atoms with van der Waals surface area (Å²) < 4.78 is 22.5. The first kappa shape index (κ1) is 22.4. The summed E-state index contributed by atoms with van der Waals surface area (Å²) in [5.74, 6) is -0.135. The van der Waals surface area contributed by atoms with Crippen LogP contribution >= 0.6 is 8.18 Å². The predicted octanol–water partition coefficient (Wildman–Crippen LogP) is 2.69. The van der Waals surface area contributed by atoms with Crippen molar-refractivity contribution >= 4 is 14.1 Å². The minimum Gasteiger partial charge on any atom is -0.506 e. The second kappa shape index (κ2) is 11.2. The van der Waals surface area contributed by atoms with Crippen LogP contribution in [0.25, 0.3) is 0 Å². The van der Waals surface area contributed by atoms with Gasteiger partial charge in [-0.05, 0) is 24.3 Å². The van der Waals surface area contributed by atoms with E-state index in [9.17, 15) is 14.5 Å². The van der Waals surface area contributed by atoms with E-state index < -0.39 is 20.2 Å². The molecular formula is C17H29N3O5P+. The van der Waals surface area contributed by atoms with Crippen LogP contribution in [0.4, 0.5) is 0 Å². The Hall–Kier alpha value is -1.60. The summed E-state index contributed by atoms with van der Waals surface area (Å²) >= 11 is 0. The molecule has 9 heteroatoms. The summed E-state index contributed by atoms with van der Waals surface area (Å²) in [6.45, 7) is 7.72. The number of rotatable bonds is 11. The molecule has 8 nitrogen and oxygen atoms in total. The standard InChI is InChI=1S/C17H28N3O5P/c1-5-13(6-2)9-24-17(22)12(4)20-26(23)25-10-14-8-19-11(3)16(21)15(14)7-18/h8,12-13H,5-7,9-10,18H2,1-4H3,(H-,20,21,23)/p+1/t12-/m0/s1. The molecule has 0 bridgehead atoms. The minimum absolute atomic E-state index is 0.00938. The quantitative estimate of drug-likeness (QED) is 0.392. The lowest BCUT2D eigenvalue weighted by Crippen LogP contribution is -2.32. The fourth-order valence-corrected chi connectivity index (χ4v) is 3.01. The Balaban J connectivity index is 2.51. The molecule has 146 valence electrons. The van der Waals surface area contributed by atoms with Crippen LogP contribution < -0.4 is 10.8 Å². The van der Waals surface area contributed by atoms with Gasteiger partial charge in [-0.1, -0.05) is 31.8 Å². The number of aryl methyl sites for hydroxylation is 1. The van der Waals surface area contributed by atoms with Crippen LogP contribution in [0.5, 0.6) is 5.75 Å². The first-order chi connectivity index (χ1) is 12.3. The van der Waals surface area contributed by atoms with Crippen molar-refractivity contribution in [2.75, 3.05) is 6.61 Å². The fraction of sp³-hybridized carbons (Fsp3) is 0.647. The summed E-state index contributed by atoms with van der Waals surface area (Å²) in [7, 11) is -2.30. The van der Waals surface area contributed by atoms with Crippen molar-refractivity contribution in [3.63, 3.8) is 0 Å². The molecule has 1 aromatic rings. The van der Waals surface area contributed by atoms with E-state index in [-0.39, 0.29) is 18.9 Å². The molecule has 0 saturated carbocycles. The summed E-state index contributed by atoms with van der Waals surface area (Å²) in [6.07, 6.45) is 3.39. The molecule has 0 fully saturated rings. The number of hydrogen-bond acceptors (Lipinski definition) is 7. The molecule has 0 saturated heterocycles. The number of pyridine rings is 1. The Labute approximate surface area is 155 Å². The van der Waals surface area contributed by atoms with Crippen molar-refractivity contribution in [3.8, 4) is 5.75 Å². The molecule has 0 radical (unpaired) electrons. The number of aromatic nitrogens is 1. The average molecular weight is 386 g/mol. The summed E-state index contributed by atoms with van der Waals surface area (Å²) in [5.41, 5.74) is 7.14. The summed E-state index contributed by atoms with van der Waals surface area (Å²) in [4.78, 5) is 16.0. The molecule has 0 spiro atoms. The lowest BCUT2D eigenvalue weighted by molar-refractivity contribution is -0.146. The molecule has 1 rings (SSSR count). The zero-order chi connectivity index (χ0) is 19.7. The third-order valence-electron chi connectivity index (χ3n) is 4.24. The van der Waals surface area contributed by atoms with Crippen LogP contribution in [0.1, 0.15) is 50.4 Å². The third kappa shape index (κ3) is 6.61. The highest BCUT2D eigenvalue weighted by molar-refractivity contribution is 7.36. The van der Waals surface area contributed by atoms with E-state index >= 15 is 0 Å². The van der Waals surface area contributed by atoms with Gasteiger partial charge in [0.05, 0.1) is 12.3 Å². The highest BCUT2D eigenvalue weighted by atomic mass is 31.1. The molecule has 0 aliphatic heterocycles. The van der Waals surface area contributed by atoms with Crippen LogP contribution in [0.15, 0.2) is 6.20 Å². The molecule has 1 aromatic heterocycles. The molecule has 26 heavy (non-hydrogen) atoms. The normalized spacial score (nSPS) is 12.9. The van der Waals surface area contributed by atoms with E-state index in [0.717, 1.165) is 12.8 Å². The highest BCUT2D eigenvalue weighted by Crippen LogP contribution is 2.27. The van der Waals surface area contributed by atoms with Gasteiger partial charge in [0.25, 0.3) is 0 Å². The molecule has 2 atom stereocenters. The third-order valence-corrected chi connectivity index (χ3v) is 5.20. The number of nitrogens with zero attached hydrogens (tertiary/aromatic N) is 1. The Morgan fingerprint density at radius 3 is 2.65 bits per heavy atom. The van der Waals surface area contributed by atoms with Crippen molar-refractivity contribution in [2.24, 2.45) is 11.7 Å². The highest BCUT2D eigenvalue weighted by Gasteiger charge is 2.28. The Bertz CT molecular complexity index is 623. The van der Waals surface area contributed by atoms with Gasteiger partial charge in [0, 0.05) is 23.9 Å². The molecule has 0 aliphatic rings. The lowest BCUT2D eigenvalue weighted by Gasteiger charge is -2.14. The van der Waals surface area contributed by atoms with Gasteiger partial charge >= 0.3 is 14.1 Å². The van der Waals surface area contributed by atoms with Gasteiger partial charge in [-0.15, -0.1) is 4.52 Å². The SMILES string of the molecule is CCC(CC)COC(=O)[C@H](C)N[P+](=O)OCc1cnc(C)c(O)c1CN. The van der Waals surface area contributed by atoms with E-state index in [4.69, 9.17) is 15.0 Å². The van der Waals surface area contributed by atoms with Gasteiger partial charge in [-0.2, -0.15) is 0 Å². The number of carbonyl (C=O) groups excluding carboxylic acids is 1. The van der Waals surface area contributed by atoms with Crippen LogP contribution in [0.2, 0.25) is 0 Å². The van der Waals surface area contributed by atoms with E-state index in [1.54, 1.807) is 13.8 Å². The monoisotopic (exact) mass is 386 g/mol. The van der Waals surface area contributed by atoms with Crippen LogP contribution in [0, 0.1) is 12.8 Å². The minimum atomic E-state index is -2.30. The lowest BCUT2D eigenvalue weighted by atomic mass is 10.1. The van der Waals surface area contributed by atoms with E-state index in [1.807, 2.05) is 13.8 Å². The molecule has 1 unspecified atom stereocenters. The number of nitrogens with one attached hydrogen (secondary N) is 1. The zero-order valence-corrected chi connectivity index (χ0v) is 16.7. The van der Waals surface area contributed by atoms with Crippen LogP contribution in [0.3, 0.4) is 0 Å². The first-order valence-corrected chi connectivity index (χ1v) is 9.90. The Kier molecular flexibility index (Phi) is 9.65. The van der Waals surface area contributed by atoms with Crippen molar-refractivity contribution in [2.45, 2.75) is 59.7 Å². The molecule has 0 aromatic carbocycles. The van der Waals surface area contributed by atoms with Crippen LogP contribution in [-0.4, -0.2) is 28.7 Å². The topological polar surface area (TPSA) is 124 Å². The molecule has 0 amide bonds. The second-order valence-corrected chi connectivity index (χ2v) is 7.12.